The molecule has 4 nitrogen and oxygen atoms in total. The molecule has 1 aliphatic carbocycles. The normalized spacial score (nSPS) is 21.8. The van der Waals surface area contributed by atoms with Gasteiger partial charge in [0.05, 0.1) is 12.0 Å². The van der Waals surface area contributed by atoms with Gasteiger partial charge >= 0.3 is 5.97 Å². The van der Waals surface area contributed by atoms with E-state index in [9.17, 15) is 9.59 Å². The molecular weight excluding hydrogens is 266 g/mol. The molecule has 0 unspecified atom stereocenters. The van der Waals surface area contributed by atoms with Crippen LogP contribution >= 0.6 is 0 Å². The molecule has 1 aromatic carbocycles. The number of amides is 1. The number of hydrogen-bond donors (Lipinski definition) is 1. The molecule has 0 spiro atoms. The van der Waals surface area contributed by atoms with Gasteiger partial charge in [0.2, 0.25) is 5.91 Å². The van der Waals surface area contributed by atoms with Gasteiger partial charge in [-0.05, 0) is 49.3 Å². The van der Waals surface area contributed by atoms with E-state index >= 15 is 0 Å². The first-order valence-corrected chi connectivity index (χ1v) is 7.55. The Balaban J connectivity index is 1.97. The Hall–Kier alpha value is -1.84. The van der Waals surface area contributed by atoms with E-state index in [0.717, 1.165) is 24.3 Å². The molecule has 1 amide bonds. The highest BCUT2D eigenvalue weighted by molar-refractivity contribution is 5.88. The summed E-state index contributed by atoms with van der Waals surface area (Å²) in [7, 11) is 1.87. The lowest BCUT2D eigenvalue weighted by atomic mass is 9.86. The third-order valence-electron chi connectivity index (χ3n) is 4.46. The molecule has 1 saturated carbocycles. The number of benzene rings is 1. The van der Waals surface area contributed by atoms with E-state index in [-0.39, 0.29) is 17.9 Å². The fourth-order valence-electron chi connectivity index (χ4n) is 2.95. The predicted molar refractivity (Wildman–Crippen MR) is 81.3 cm³/mol. The average Bonchev–Trinajstić information content (AvgIpc) is 2.47. The number of likely N-dealkylation sites (N-methyl/N-ethyl adjacent to an activating group) is 1. The molecule has 1 N–H and O–H groups in total. The van der Waals surface area contributed by atoms with Crippen LogP contribution in [0.25, 0.3) is 0 Å². The van der Waals surface area contributed by atoms with Crippen LogP contribution in [-0.4, -0.2) is 35.0 Å². The first kappa shape index (κ1) is 15.5. The van der Waals surface area contributed by atoms with Crippen LogP contribution in [0.4, 0.5) is 0 Å². The fraction of sp³-hybridized carbons (Fsp3) is 0.529. The Morgan fingerprint density at radius 2 is 1.90 bits per heavy atom. The lowest BCUT2D eigenvalue weighted by Gasteiger charge is -2.33. The summed E-state index contributed by atoms with van der Waals surface area (Å²) in [6.45, 7) is 2.26. The molecule has 2 rings (SSSR count). The second-order valence-corrected chi connectivity index (χ2v) is 6.10. The number of hydrogen-bond acceptors (Lipinski definition) is 2. The summed E-state index contributed by atoms with van der Waals surface area (Å²) in [5.41, 5.74) is 0.991. The van der Waals surface area contributed by atoms with Gasteiger partial charge < -0.3 is 10.0 Å². The Labute approximate surface area is 125 Å². The first-order chi connectivity index (χ1) is 9.97. The van der Waals surface area contributed by atoms with E-state index in [2.05, 4.69) is 6.92 Å². The highest BCUT2D eigenvalue weighted by Gasteiger charge is 2.24. The van der Waals surface area contributed by atoms with Crippen LogP contribution in [0.2, 0.25) is 0 Å². The number of nitrogens with zero attached hydrogens (tertiary/aromatic N) is 1. The molecule has 0 bridgehead atoms. The number of carboxylic acids is 1. The molecule has 21 heavy (non-hydrogen) atoms. The summed E-state index contributed by atoms with van der Waals surface area (Å²) in [6.07, 6.45) is 4.76. The Morgan fingerprint density at radius 1 is 1.24 bits per heavy atom. The highest BCUT2D eigenvalue weighted by atomic mass is 16.4. The molecule has 0 aliphatic heterocycles. The fourth-order valence-corrected chi connectivity index (χ4v) is 2.95. The zero-order valence-corrected chi connectivity index (χ0v) is 12.7. The van der Waals surface area contributed by atoms with Crippen LogP contribution in [0, 0.1) is 5.92 Å². The van der Waals surface area contributed by atoms with E-state index in [4.69, 9.17) is 5.11 Å². The van der Waals surface area contributed by atoms with Crippen molar-refractivity contribution in [3.8, 4) is 0 Å². The predicted octanol–water partition coefficient (Wildman–Crippen LogP) is 2.96. The SMILES string of the molecule is CC1CCC(N(C)C(=O)Cc2cccc(C(=O)O)c2)CC1. The van der Waals surface area contributed by atoms with E-state index in [0.29, 0.717) is 6.04 Å². The van der Waals surface area contributed by atoms with Gasteiger partial charge in [-0.15, -0.1) is 0 Å². The summed E-state index contributed by atoms with van der Waals surface area (Å²) < 4.78 is 0. The summed E-state index contributed by atoms with van der Waals surface area (Å²) in [5, 5.41) is 8.99. The van der Waals surface area contributed by atoms with Crippen molar-refractivity contribution in [2.45, 2.75) is 45.1 Å². The number of carbonyl (C=O) groups excluding carboxylic acids is 1. The minimum absolute atomic E-state index is 0.0668. The van der Waals surface area contributed by atoms with Gasteiger partial charge in [-0.2, -0.15) is 0 Å². The van der Waals surface area contributed by atoms with Crippen molar-refractivity contribution in [3.63, 3.8) is 0 Å². The van der Waals surface area contributed by atoms with Crippen molar-refractivity contribution in [2.75, 3.05) is 7.05 Å². The average molecular weight is 289 g/mol. The van der Waals surface area contributed by atoms with Gasteiger partial charge in [0, 0.05) is 13.1 Å². The molecule has 114 valence electrons. The molecule has 0 atom stereocenters. The molecule has 1 aliphatic rings. The molecule has 1 aromatic rings. The smallest absolute Gasteiger partial charge is 0.335 e. The molecule has 0 radical (unpaired) electrons. The zero-order chi connectivity index (χ0) is 15.4. The Kier molecular flexibility index (Phi) is 4.99. The first-order valence-electron chi connectivity index (χ1n) is 7.55. The minimum atomic E-state index is -0.959. The van der Waals surface area contributed by atoms with Gasteiger partial charge in [-0.25, -0.2) is 4.79 Å². The van der Waals surface area contributed by atoms with Gasteiger partial charge in [-0.1, -0.05) is 19.1 Å². The number of rotatable bonds is 4. The Bertz CT molecular complexity index is 519. The molecule has 0 aromatic heterocycles. The van der Waals surface area contributed by atoms with E-state index < -0.39 is 5.97 Å². The van der Waals surface area contributed by atoms with Gasteiger partial charge in [0.1, 0.15) is 0 Å². The maximum absolute atomic E-state index is 12.4. The largest absolute Gasteiger partial charge is 0.478 e. The number of aromatic carboxylic acids is 1. The second kappa shape index (κ2) is 6.74. The minimum Gasteiger partial charge on any atom is -0.478 e. The van der Waals surface area contributed by atoms with E-state index in [1.54, 1.807) is 24.3 Å². The maximum atomic E-state index is 12.4. The third-order valence-corrected chi connectivity index (χ3v) is 4.46. The van der Waals surface area contributed by atoms with Crippen LogP contribution in [0.5, 0.6) is 0 Å². The van der Waals surface area contributed by atoms with Crippen LogP contribution < -0.4 is 0 Å². The molecular formula is C17H23NO3. The topological polar surface area (TPSA) is 57.6 Å². The van der Waals surface area contributed by atoms with Gasteiger partial charge in [-0.3, -0.25) is 4.79 Å². The zero-order valence-electron chi connectivity index (χ0n) is 12.7. The molecule has 0 heterocycles. The van der Waals surface area contributed by atoms with Gasteiger partial charge in [0.25, 0.3) is 0 Å². The van der Waals surface area contributed by atoms with Gasteiger partial charge in [0.15, 0.2) is 0 Å². The lowest BCUT2D eigenvalue weighted by molar-refractivity contribution is -0.132. The standard InChI is InChI=1S/C17H23NO3/c1-12-6-8-15(9-7-12)18(2)16(19)11-13-4-3-5-14(10-13)17(20)21/h3-5,10,12,15H,6-9,11H2,1-2H3,(H,20,21). The third kappa shape index (κ3) is 4.06. The van der Waals surface area contributed by atoms with Crippen LogP contribution in [0.15, 0.2) is 24.3 Å². The van der Waals surface area contributed by atoms with Crippen molar-refractivity contribution in [1.29, 1.82) is 0 Å². The van der Waals surface area contributed by atoms with Crippen molar-refractivity contribution < 1.29 is 14.7 Å². The molecule has 4 heteroatoms. The summed E-state index contributed by atoms with van der Waals surface area (Å²) in [5.74, 6) is -0.131. The molecule has 0 saturated heterocycles. The van der Waals surface area contributed by atoms with Crippen molar-refractivity contribution in [1.82, 2.24) is 4.90 Å². The van der Waals surface area contributed by atoms with Crippen LogP contribution in [0.1, 0.15) is 48.5 Å². The van der Waals surface area contributed by atoms with Crippen molar-refractivity contribution in [2.24, 2.45) is 5.92 Å². The molecule has 1 fully saturated rings. The quantitative estimate of drug-likeness (QED) is 0.927. The van der Waals surface area contributed by atoms with Crippen molar-refractivity contribution >= 4 is 11.9 Å². The van der Waals surface area contributed by atoms with E-state index in [1.807, 2.05) is 11.9 Å². The summed E-state index contributed by atoms with van der Waals surface area (Å²) in [4.78, 5) is 25.2. The van der Waals surface area contributed by atoms with E-state index in [1.165, 1.54) is 12.8 Å². The van der Waals surface area contributed by atoms with Crippen LogP contribution in [-0.2, 0) is 11.2 Å². The lowest BCUT2D eigenvalue weighted by Crippen LogP contribution is -2.40. The number of carbonyl (C=O) groups is 2. The number of carboxylic acid groups (broad SMARTS) is 1. The highest BCUT2D eigenvalue weighted by Crippen LogP contribution is 2.26. The Morgan fingerprint density at radius 3 is 2.52 bits per heavy atom. The van der Waals surface area contributed by atoms with Crippen molar-refractivity contribution in [3.05, 3.63) is 35.4 Å². The second-order valence-electron chi connectivity index (χ2n) is 6.10. The monoisotopic (exact) mass is 289 g/mol. The summed E-state index contributed by atoms with van der Waals surface area (Å²) in [6, 6.07) is 6.95. The maximum Gasteiger partial charge on any atom is 0.335 e. The summed E-state index contributed by atoms with van der Waals surface area (Å²) >= 11 is 0. The van der Waals surface area contributed by atoms with Crippen LogP contribution in [0.3, 0.4) is 0 Å².